The van der Waals surface area contributed by atoms with Gasteiger partial charge in [-0.2, -0.15) is 0 Å². The van der Waals surface area contributed by atoms with Crippen molar-refractivity contribution in [2.75, 3.05) is 0 Å². The molecule has 1 fully saturated rings. The highest BCUT2D eigenvalue weighted by atomic mass is 35.5. The molecule has 54 valence electrons. The van der Waals surface area contributed by atoms with Crippen LogP contribution in [0.2, 0.25) is 0 Å². The molecule has 1 heterocycles. The minimum Gasteiger partial charge on any atom is -0.128 e. The van der Waals surface area contributed by atoms with Crippen molar-refractivity contribution in [2.45, 2.75) is 34.8 Å². The summed E-state index contributed by atoms with van der Waals surface area (Å²) in [4.78, 5) is 0. The molecule has 0 bridgehead atoms. The first kappa shape index (κ1) is 8.09. The molecule has 0 N–H and O–H groups in total. The summed E-state index contributed by atoms with van der Waals surface area (Å²) in [6, 6.07) is 0. The van der Waals surface area contributed by atoms with Crippen molar-refractivity contribution in [1.82, 2.24) is 0 Å². The van der Waals surface area contributed by atoms with Crippen LogP contribution < -0.4 is 0 Å². The van der Waals surface area contributed by atoms with Crippen molar-refractivity contribution in [2.24, 2.45) is 0 Å². The van der Waals surface area contributed by atoms with E-state index in [9.17, 15) is 0 Å². The van der Waals surface area contributed by atoms with Crippen LogP contribution in [0, 0.1) is 0 Å². The van der Waals surface area contributed by atoms with E-state index >= 15 is 0 Å². The minimum absolute atomic E-state index is 0.295. The standard InChI is InChI=1S/C6H11ClS2/c1-4-3-5(2)9-6(7)8-4/h4-6H,3H2,1-2H3/t4-,5+,6?. The molecule has 0 amide bonds. The van der Waals surface area contributed by atoms with E-state index in [4.69, 9.17) is 11.6 Å². The molecule has 1 saturated heterocycles. The molecule has 1 aliphatic rings. The molecule has 0 aromatic rings. The lowest BCUT2D eigenvalue weighted by Gasteiger charge is -2.26. The molecule has 3 atom stereocenters. The SMILES string of the molecule is C[C@@H]1C[C@H](C)SC(Cl)S1. The van der Waals surface area contributed by atoms with Crippen molar-refractivity contribution in [3.8, 4) is 0 Å². The second kappa shape index (κ2) is 3.40. The third kappa shape index (κ3) is 2.60. The van der Waals surface area contributed by atoms with Crippen molar-refractivity contribution >= 4 is 35.1 Å². The second-order valence-corrected chi connectivity index (χ2v) is 6.75. The van der Waals surface area contributed by atoms with Crippen molar-refractivity contribution < 1.29 is 0 Å². The Hall–Kier alpha value is 0.990. The number of rotatable bonds is 0. The average molecular weight is 183 g/mol. The van der Waals surface area contributed by atoms with Gasteiger partial charge in [0.15, 0.2) is 0 Å². The molecule has 0 radical (unpaired) electrons. The Labute approximate surface area is 70.1 Å². The molecule has 0 nitrogen and oxygen atoms in total. The maximum atomic E-state index is 5.93. The van der Waals surface area contributed by atoms with Gasteiger partial charge in [0.05, 0.1) is 0 Å². The molecule has 0 aliphatic carbocycles. The number of thioether (sulfide) groups is 2. The van der Waals surface area contributed by atoms with E-state index in [2.05, 4.69) is 13.8 Å². The fourth-order valence-electron chi connectivity index (χ4n) is 0.976. The van der Waals surface area contributed by atoms with E-state index in [1.165, 1.54) is 6.42 Å². The van der Waals surface area contributed by atoms with Gasteiger partial charge in [0.25, 0.3) is 0 Å². The zero-order chi connectivity index (χ0) is 6.85. The highest BCUT2D eigenvalue weighted by molar-refractivity contribution is 8.19. The number of hydrogen-bond donors (Lipinski definition) is 0. The summed E-state index contributed by atoms with van der Waals surface area (Å²) in [6.45, 7) is 4.49. The zero-order valence-corrected chi connectivity index (χ0v) is 8.02. The molecule has 1 aliphatic heterocycles. The Morgan fingerprint density at radius 1 is 1.22 bits per heavy atom. The topological polar surface area (TPSA) is 0 Å². The third-order valence-electron chi connectivity index (χ3n) is 1.34. The highest BCUT2D eigenvalue weighted by Gasteiger charge is 2.22. The van der Waals surface area contributed by atoms with Crippen LogP contribution in [0.4, 0.5) is 0 Å². The Morgan fingerprint density at radius 3 is 2.00 bits per heavy atom. The fraction of sp³-hybridized carbons (Fsp3) is 1.00. The van der Waals surface area contributed by atoms with Gasteiger partial charge in [-0.3, -0.25) is 0 Å². The molecule has 1 unspecified atom stereocenters. The third-order valence-corrected chi connectivity index (χ3v) is 4.37. The summed E-state index contributed by atoms with van der Waals surface area (Å²) >= 11 is 9.68. The van der Waals surface area contributed by atoms with Crippen LogP contribution in [0.1, 0.15) is 20.3 Å². The quantitative estimate of drug-likeness (QED) is 0.528. The van der Waals surface area contributed by atoms with Crippen molar-refractivity contribution in [1.29, 1.82) is 0 Å². The van der Waals surface area contributed by atoms with Crippen LogP contribution >= 0.6 is 35.1 Å². The Balaban J connectivity index is 2.34. The molecule has 9 heavy (non-hydrogen) atoms. The van der Waals surface area contributed by atoms with Gasteiger partial charge >= 0.3 is 0 Å². The van der Waals surface area contributed by atoms with Crippen LogP contribution in [0.5, 0.6) is 0 Å². The van der Waals surface area contributed by atoms with E-state index < -0.39 is 0 Å². The number of halogens is 1. The molecule has 3 heteroatoms. The van der Waals surface area contributed by atoms with Gasteiger partial charge in [0, 0.05) is 10.5 Å². The molecule has 0 saturated carbocycles. The molecule has 1 rings (SSSR count). The summed E-state index contributed by atoms with van der Waals surface area (Å²) in [5.41, 5.74) is 0. The normalized spacial score (nSPS) is 45.0. The van der Waals surface area contributed by atoms with Crippen LogP contribution in [0.3, 0.4) is 0 Å². The Kier molecular flexibility index (Phi) is 3.06. The molecular weight excluding hydrogens is 172 g/mol. The lowest BCUT2D eigenvalue weighted by Crippen LogP contribution is -2.15. The van der Waals surface area contributed by atoms with Gasteiger partial charge in [-0.15, -0.1) is 23.5 Å². The van der Waals surface area contributed by atoms with Crippen LogP contribution in [0.25, 0.3) is 0 Å². The average Bonchev–Trinajstić information content (AvgIpc) is 1.59. The Morgan fingerprint density at radius 2 is 1.67 bits per heavy atom. The maximum Gasteiger partial charge on any atom is 0.125 e. The zero-order valence-electron chi connectivity index (χ0n) is 5.63. The first-order chi connectivity index (χ1) is 4.18. The summed E-state index contributed by atoms with van der Waals surface area (Å²) < 4.78 is 0.295. The minimum atomic E-state index is 0.295. The van der Waals surface area contributed by atoms with Crippen LogP contribution in [-0.2, 0) is 0 Å². The first-order valence-electron chi connectivity index (χ1n) is 3.13. The van der Waals surface area contributed by atoms with Gasteiger partial charge in [0.2, 0.25) is 0 Å². The van der Waals surface area contributed by atoms with E-state index in [1.54, 1.807) is 0 Å². The van der Waals surface area contributed by atoms with Crippen LogP contribution in [0.15, 0.2) is 0 Å². The lowest BCUT2D eigenvalue weighted by molar-refractivity contribution is 0.797. The monoisotopic (exact) mass is 182 g/mol. The van der Waals surface area contributed by atoms with E-state index in [-0.39, 0.29) is 0 Å². The van der Waals surface area contributed by atoms with E-state index in [0.29, 0.717) is 4.04 Å². The smallest absolute Gasteiger partial charge is 0.125 e. The predicted molar refractivity (Wildman–Crippen MR) is 48.4 cm³/mol. The maximum absolute atomic E-state index is 5.93. The largest absolute Gasteiger partial charge is 0.128 e. The highest BCUT2D eigenvalue weighted by Crippen LogP contribution is 2.41. The lowest BCUT2D eigenvalue weighted by atomic mass is 10.3. The first-order valence-corrected chi connectivity index (χ1v) is 5.45. The molecule has 0 aromatic carbocycles. The van der Waals surface area contributed by atoms with Gasteiger partial charge in [-0.25, -0.2) is 0 Å². The van der Waals surface area contributed by atoms with Crippen LogP contribution in [-0.4, -0.2) is 14.5 Å². The predicted octanol–water partition coefficient (Wildman–Crippen LogP) is 3.16. The summed E-state index contributed by atoms with van der Waals surface area (Å²) in [5, 5.41) is 1.51. The molecule has 0 aromatic heterocycles. The van der Waals surface area contributed by atoms with Crippen molar-refractivity contribution in [3.63, 3.8) is 0 Å². The van der Waals surface area contributed by atoms with Gasteiger partial charge < -0.3 is 0 Å². The van der Waals surface area contributed by atoms with Gasteiger partial charge in [-0.05, 0) is 6.42 Å². The summed E-state index contributed by atoms with van der Waals surface area (Å²) in [5.74, 6) is 0. The van der Waals surface area contributed by atoms with Crippen molar-refractivity contribution in [3.05, 3.63) is 0 Å². The van der Waals surface area contributed by atoms with E-state index in [0.717, 1.165) is 10.5 Å². The summed E-state index contributed by atoms with van der Waals surface area (Å²) in [6.07, 6.45) is 1.30. The summed E-state index contributed by atoms with van der Waals surface area (Å²) in [7, 11) is 0. The van der Waals surface area contributed by atoms with E-state index in [1.807, 2.05) is 23.5 Å². The molecular formula is C6H11ClS2. The Bertz CT molecular complexity index is 72.0. The van der Waals surface area contributed by atoms with Gasteiger partial charge in [-0.1, -0.05) is 25.4 Å². The number of hydrogen-bond acceptors (Lipinski definition) is 2. The number of alkyl halides is 1. The molecule has 0 spiro atoms. The fourth-order valence-corrected chi connectivity index (χ4v) is 5.08. The van der Waals surface area contributed by atoms with Gasteiger partial charge in [0.1, 0.15) is 4.04 Å². The second-order valence-electron chi connectivity index (χ2n) is 2.40.